The number of hydrogen-bond donors (Lipinski definition) is 2. The molecule has 1 fully saturated rings. The number of amides is 2. The fourth-order valence-electron chi connectivity index (χ4n) is 3.55. The molecule has 1 aromatic heterocycles. The number of nitrogens with one attached hydrogen (secondary N) is 2. The third kappa shape index (κ3) is 5.64. The van der Waals surface area contributed by atoms with E-state index in [1.807, 2.05) is 6.07 Å². The lowest BCUT2D eigenvalue weighted by Crippen LogP contribution is -2.51. The molecule has 9 heteroatoms. The molecule has 2 aromatic rings. The summed E-state index contributed by atoms with van der Waals surface area (Å²) < 4.78 is 30.9. The summed E-state index contributed by atoms with van der Waals surface area (Å²) in [5.74, 6) is 0.359. The number of methoxy groups -OCH3 is 1. The van der Waals surface area contributed by atoms with Crippen molar-refractivity contribution in [2.45, 2.75) is 24.8 Å². The van der Waals surface area contributed by atoms with Crippen LogP contribution >= 0.6 is 0 Å². The average molecular weight is 415 g/mol. The smallest absolute Gasteiger partial charge is 0.319 e. The molecule has 158 valence electrons. The molecule has 0 spiro atoms. The molecule has 0 aliphatic carbocycles. The molecule has 3 rings (SSSR count). The monoisotopic (exact) mass is 415 g/mol. The van der Waals surface area contributed by atoms with Gasteiger partial charge in [-0.2, -0.15) is 5.26 Å². The summed E-state index contributed by atoms with van der Waals surface area (Å²) in [5.41, 5.74) is 1.76. The zero-order chi connectivity index (χ0) is 21.5. The van der Waals surface area contributed by atoms with E-state index in [0.717, 1.165) is 0 Å². The maximum absolute atomic E-state index is 12.9. The van der Waals surface area contributed by atoms with Crippen molar-refractivity contribution in [1.29, 1.82) is 5.26 Å². The highest BCUT2D eigenvalue weighted by Crippen LogP contribution is 2.28. The number of nitrogens with zero attached hydrogens (tertiary/aromatic N) is 3. The van der Waals surface area contributed by atoms with Crippen LogP contribution in [0.5, 0.6) is 5.75 Å². The fourth-order valence-corrected chi connectivity index (χ4v) is 3.55. The summed E-state index contributed by atoms with van der Waals surface area (Å²) in [6.07, 6.45) is -0.320. The van der Waals surface area contributed by atoms with Gasteiger partial charge in [0.25, 0.3) is 6.43 Å². The number of carbonyl (C=O) groups excluding carboxylic acids is 1. The van der Waals surface area contributed by atoms with Crippen molar-refractivity contribution in [3.05, 3.63) is 53.9 Å². The number of alkyl halides is 2. The number of aromatic nitrogens is 1. The van der Waals surface area contributed by atoms with Crippen molar-refractivity contribution < 1.29 is 18.3 Å². The van der Waals surface area contributed by atoms with Gasteiger partial charge >= 0.3 is 6.03 Å². The number of pyridine rings is 1. The number of likely N-dealkylation sites (tertiary alicyclic amines) is 1. The Morgan fingerprint density at radius 2 is 2.10 bits per heavy atom. The molecule has 7 nitrogen and oxygen atoms in total. The molecule has 2 amide bonds. The molecule has 30 heavy (non-hydrogen) atoms. The molecule has 2 N–H and O–H groups in total. The molecule has 0 saturated carbocycles. The van der Waals surface area contributed by atoms with Crippen molar-refractivity contribution >= 4 is 11.7 Å². The van der Waals surface area contributed by atoms with E-state index in [-0.39, 0.29) is 18.5 Å². The molecule has 2 atom stereocenters. The number of carbonyl (C=O) groups is 1. The lowest BCUT2D eigenvalue weighted by molar-refractivity contribution is 0.0671. The SMILES string of the molecule is COc1ccc(C2CN(CC(F)F)CCC2NC(=O)Nc2ccc(C#N)cc2)nc1. The minimum atomic E-state index is -2.42. The van der Waals surface area contributed by atoms with Gasteiger partial charge in [0, 0.05) is 36.4 Å². The highest BCUT2D eigenvalue weighted by molar-refractivity contribution is 5.89. The number of benzene rings is 1. The standard InChI is InChI=1S/C21H23F2N5O2/c1-30-16-6-7-18(25-11-16)17-12-28(13-20(22)23)9-8-19(17)27-21(29)26-15-4-2-14(10-24)3-5-15/h2-7,11,17,19-20H,8-9,12-13H2,1H3,(H2,26,27,29). The summed E-state index contributed by atoms with van der Waals surface area (Å²) in [7, 11) is 1.54. The summed E-state index contributed by atoms with van der Waals surface area (Å²) >= 11 is 0. The molecule has 1 aliphatic heterocycles. The molecule has 1 aliphatic rings. The first kappa shape index (κ1) is 21.5. The Hall–Kier alpha value is -3.25. The van der Waals surface area contributed by atoms with E-state index < -0.39 is 12.5 Å². The largest absolute Gasteiger partial charge is 0.495 e. The first-order chi connectivity index (χ1) is 14.5. The molecular weight excluding hydrogens is 392 g/mol. The highest BCUT2D eigenvalue weighted by atomic mass is 19.3. The van der Waals surface area contributed by atoms with Crippen LogP contribution in [0.1, 0.15) is 23.6 Å². The van der Waals surface area contributed by atoms with Gasteiger partial charge in [-0.15, -0.1) is 0 Å². The lowest BCUT2D eigenvalue weighted by atomic mass is 9.89. The quantitative estimate of drug-likeness (QED) is 0.756. The molecule has 1 saturated heterocycles. The predicted molar refractivity (Wildman–Crippen MR) is 108 cm³/mol. The van der Waals surface area contributed by atoms with E-state index in [4.69, 9.17) is 10.00 Å². The number of ether oxygens (including phenoxy) is 1. The number of piperidine rings is 1. The van der Waals surface area contributed by atoms with Crippen LogP contribution in [0.25, 0.3) is 0 Å². The van der Waals surface area contributed by atoms with Crippen molar-refractivity contribution in [1.82, 2.24) is 15.2 Å². The minimum Gasteiger partial charge on any atom is -0.495 e. The van der Waals surface area contributed by atoms with Crippen molar-refractivity contribution in [2.75, 3.05) is 32.1 Å². The number of rotatable bonds is 6. The number of halogens is 2. The Morgan fingerprint density at radius 1 is 1.33 bits per heavy atom. The van der Waals surface area contributed by atoms with Gasteiger partial charge in [-0.1, -0.05) is 0 Å². The second kappa shape index (κ2) is 9.98. The van der Waals surface area contributed by atoms with Gasteiger partial charge in [-0.05, 0) is 42.8 Å². The molecule has 0 radical (unpaired) electrons. The summed E-state index contributed by atoms with van der Waals surface area (Å²) in [5, 5.41) is 14.5. The lowest BCUT2D eigenvalue weighted by Gasteiger charge is -2.38. The Morgan fingerprint density at radius 3 is 2.70 bits per heavy atom. The van der Waals surface area contributed by atoms with Crippen LogP contribution in [0.3, 0.4) is 0 Å². The van der Waals surface area contributed by atoms with E-state index in [9.17, 15) is 13.6 Å². The Labute approximate surface area is 173 Å². The number of hydrogen-bond acceptors (Lipinski definition) is 5. The normalized spacial score (nSPS) is 19.2. The first-order valence-corrected chi connectivity index (χ1v) is 9.56. The van der Waals surface area contributed by atoms with Crippen molar-refractivity contribution in [2.24, 2.45) is 0 Å². The highest BCUT2D eigenvalue weighted by Gasteiger charge is 2.33. The van der Waals surface area contributed by atoms with E-state index in [2.05, 4.69) is 15.6 Å². The predicted octanol–water partition coefficient (Wildman–Crippen LogP) is 3.21. The zero-order valence-electron chi connectivity index (χ0n) is 16.5. The van der Waals surface area contributed by atoms with Crippen LogP contribution in [-0.2, 0) is 0 Å². The fraction of sp³-hybridized carbons (Fsp3) is 0.381. The summed E-state index contributed by atoms with van der Waals surface area (Å²) in [6, 6.07) is 11.4. The van der Waals surface area contributed by atoms with Crippen LogP contribution in [0.15, 0.2) is 42.6 Å². The van der Waals surface area contributed by atoms with E-state index in [1.54, 1.807) is 54.6 Å². The van der Waals surface area contributed by atoms with Gasteiger partial charge in [-0.3, -0.25) is 9.88 Å². The summed E-state index contributed by atoms with van der Waals surface area (Å²) in [4.78, 5) is 18.6. The summed E-state index contributed by atoms with van der Waals surface area (Å²) in [6.45, 7) is 0.515. The molecular formula is C21H23F2N5O2. The van der Waals surface area contributed by atoms with Crippen LogP contribution in [0.4, 0.5) is 19.3 Å². The number of urea groups is 1. The number of anilines is 1. The van der Waals surface area contributed by atoms with Gasteiger partial charge in [-0.25, -0.2) is 13.6 Å². The topological polar surface area (TPSA) is 90.3 Å². The first-order valence-electron chi connectivity index (χ1n) is 9.56. The zero-order valence-corrected chi connectivity index (χ0v) is 16.5. The van der Waals surface area contributed by atoms with Gasteiger partial charge < -0.3 is 15.4 Å². The van der Waals surface area contributed by atoms with Crippen LogP contribution in [0.2, 0.25) is 0 Å². The van der Waals surface area contributed by atoms with Gasteiger partial charge in [0.1, 0.15) is 5.75 Å². The molecule has 2 heterocycles. The second-order valence-corrected chi connectivity index (χ2v) is 7.06. The van der Waals surface area contributed by atoms with E-state index >= 15 is 0 Å². The second-order valence-electron chi connectivity index (χ2n) is 7.06. The van der Waals surface area contributed by atoms with Crippen molar-refractivity contribution in [3.8, 4) is 11.8 Å². The number of nitriles is 1. The Balaban J connectivity index is 1.70. The Bertz CT molecular complexity index is 884. The average Bonchev–Trinajstić information content (AvgIpc) is 2.75. The Kier molecular flexibility index (Phi) is 7.14. The van der Waals surface area contributed by atoms with Crippen LogP contribution in [0, 0.1) is 11.3 Å². The van der Waals surface area contributed by atoms with E-state index in [1.165, 1.54) is 0 Å². The van der Waals surface area contributed by atoms with Crippen molar-refractivity contribution in [3.63, 3.8) is 0 Å². The van der Waals surface area contributed by atoms with Crippen LogP contribution < -0.4 is 15.4 Å². The van der Waals surface area contributed by atoms with Crippen LogP contribution in [-0.4, -0.2) is 55.1 Å². The van der Waals surface area contributed by atoms with Gasteiger partial charge in [0.05, 0.1) is 31.5 Å². The third-order valence-corrected chi connectivity index (χ3v) is 5.06. The molecule has 2 unspecified atom stereocenters. The van der Waals surface area contributed by atoms with Gasteiger partial charge in [0.15, 0.2) is 0 Å². The maximum atomic E-state index is 12.9. The molecule has 1 aromatic carbocycles. The third-order valence-electron chi connectivity index (χ3n) is 5.06. The van der Waals surface area contributed by atoms with Gasteiger partial charge in [0.2, 0.25) is 0 Å². The maximum Gasteiger partial charge on any atom is 0.319 e. The minimum absolute atomic E-state index is 0.241. The molecule has 0 bridgehead atoms. The van der Waals surface area contributed by atoms with E-state index in [0.29, 0.717) is 42.2 Å².